The highest BCUT2D eigenvalue weighted by Crippen LogP contribution is 2.34. The van der Waals surface area contributed by atoms with E-state index in [-0.39, 0.29) is 30.1 Å². The van der Waals surface area contributed by atoms with Crippen LogP contribution >= 0.6 is 0 Å². The Morgan fingerprint density at radius 3 is 2.54 bits per heavy atom. The minimum absolute atomic E-state index is 0.0492. The molecule has 1 aliphatic carbocycles. The Labute approximate surface area is 141 Å². The monoisotopic (exact) mass is 332 g/mol. The molecule has 1 fully saturated rings. The van der Waals surface area contributed by atoms with Crippen molar-refractivity contribution in [3.8, 4) is 5.75 Å². The first-order valence-electron chi connectivity index (χ1n) is 8.58. The Balaban J connectivity index is 1.55. The molecule has 1 aliphatic heterocycles. The highest BCUT2D eigenvalue weighted by atomic mass is 16.5. The van der Waals surface area contributed by atoms with E-state index in [1.807, 2.05) is 31.2 Å². The van der Waals surface area contributed by atoms with Gasteiger partial charge in [0.2, 0.25) is 0 Å². The Morgan fingerprint density at radius 2 is 1.83 bits per heavy atom. The molecule has 1 aromatic rings. The summed E-state index contributed by atoms with van der Waals surface area (Å²) in [6.07, 6.45) is 3.46. The van der Waals surface area contributed by atoms with Gasteiger partial charge in [-0.15, -0.1) is 0 Å². The van der Waals surface area contributed by atoms with Crippen molar-refractivity contribution >= 4 is 12.0 Å². The molecule has 6 heteroatoms. The lowest BCUT2D eigenvalue weighted by Gasteiger charge is -2.32. The van der Waals surface area contributed by atoms with Gasteiger partial charge in [-0.1, -0.05) is 18.2 Å². The van der Waals surface area contributed by atoms with Gasteiger partial charge in [0.1, 0.15) is 5.75 Å². The molecule has 0 radical (unpaired) electrons. The second-order valence-electron chi connectivity index (χ2n) is 6.76. The Kier molecular flexibility index (Phi) is 4.92. The number of hydrogen-bond acceptors (Lipinski definition) is 3. The standard InChI is InChI=1S/C18H24N2O4/c1-11-10-15(14-4-2-3-5-16(14)24-11)20-18(23)19-13-8-6-12(7-9-13)17(21)22/h2-5,11-13,15H,6-10H2,1H3,(H,21,22)(H2,19,20,23)/t11-,12?,13?,15-/m1/s1. The van der Waals surface area contributed by atoms with E-state index in [0.717, 1.165) is 17.7 Å². The van der Waals surface area contributed by atoms with E-state index in [9.17, 15) is 9.59 Å². The van der Waals surface area contributed by atoms with Crippen LogP contribution in [0.2, 0.25) is 0 Å². The van der Waals surface area contributed by atoms with Crippen molar-refractivity contribution in [2.45, 2.75) is 57.2 Å². The van der Waals surface area contributed by atoms with Gasteiger partial charge in [0.25, 0.3) is 0 Å². The molecule has 0 aromatic heterocycles. The minimum Gasteiger partial charge on any atom is -0.490 e. The summed E-state index contributed by atoms with van der Waals surface area (Å²) in [5, 5.41) is 15.1. The third-order valence-electron chi connectivity index (χ3n) is 4.91. The normalized spacial score (nSPS) is 29.0. The van der Waals surface area contributed by atoms with Crippen molar-refractivity contribution in [3.63, 3.8) is 0 Å². The zero-order chi connectivity index (χ0) is 17.1. The Morgan fingerprint density at radius 1 is 1.12 bits per heavy atom. The number of nitrogens with one attached hydrogen (secondary N) is 2. The summed E-state index contributed by atoms with van der Waals surface area (Å²) < 4.78 is 5.80. The number of carbonyl (C=O) groups is 2. The van der Waals surface area contributed by atoms with Crippen molar-refractivity contribution in [1.29, 1.82) is 0 Å². The van der Waals surface area contributed by atoms with Crippen LogP contribution in [-0.2, 0) is 4.79 Å². The summed E-state index contributed by atoms with van der Waals surface area (Å²) in [5.41, 5.74) is 1.00. The number of amides is 2. The van der Waals surface area contributed by atoms with Gasteiger partial charge in [-0.3, -0.25) is 4.79 Å². The highest BCUT2D eigenvalue weighted by Gasteiger charge is 2.29. The molecule has 2 amide bonds. The fourth-order valence-corrected chi connectivity index (χ4v) is 3.61. The van der Waals surface area contributed by atoms with Crippen molar-refractivity contribution in [2.24, 2.45) is 5.92 Å². The maximum Gasteiger partial charge on any atom is 0.315 e. The molecule has 1 heterocycles. The van der Waals surface area contributed by atoms with Crippen LogP contribution in [0.15, 0.2) is 24.3 Å². The van der Waals surface area contributed by atoms with E-state index in [0.29, 0.717) is 25.7 Å². The molecule has 1 aromatic carbocycles. The SMILES string of the molecule is C[C@@H]1C[C@@H](NC(=O)NC2CCC(C(=O)O)CC2)c2ccccc2O1. The summed E-state index contributed by atoms with van der Waals surface area (Å²) in [4.78, 5) is 23.3. The summed E-state index contributed by atoms with van der Waals surface area (Å²) in [6.45, 7) is 2.00. The van der Waals surface area contributed by atoms with E-state index in [2.05, 4.69) is 10.6 Å². The number of carbonyl (C=O) groups excluding carboxylic acids is 1. The number of carboxylic acids is 1. The van der Waals surface area contributed by atoms with Crippen LogP contribution < -0.4 is 15.4 Å². The number of benzene rings is 1. The summed E-state index contributed by atoms with van der Waals surface area (Å²) >= 11 is 0. The van der Waals surface area contributed by atoms with E-state index < -0.39 is 5.97 Å². The van der Waals surface area contributed by atoms with Crippen LogP contribution in [0.5, 0.6) is 5.75 Å². The van der Waals surface area contributed by atoms with Crippen LogP contribution in [0.3, 0.4) is 0 Å². The Bertz CT molecular complexity index is 611. The molecule has 130 valence electrons. The number of aliphatic carboxylic acids is 1. The topological polar surface area (TPSA) is 87.7 Å². The largest absolute Gasteiger partial charge is 0.490 e. The van der Waals surface area contributed by atoms with Gasteiger partial charge in [0, 0.05) is 18.0 Å². The predicted octanol–water partition coefficient (Wildman–Crippen LogP) is 2.84. The van der Waals surface area contributed by atoms with Crippen molar-refractivity contribution in [2.75, 3.05) is 0 Å². The molecular weight excluding hydrogens is 308 g/mol. The lowest BCUT2D eigenvalue weighted by atomic mass is 9.86. The van der Waals surface area contributed by atoms with Crippen LogP contribution in [0.1, 0.15) is 50.6 Å². The fraction of sp³-hybridized carbons (Fsp3) is 0.556. The maximum absolute atomic E-state index is 12.3. The van der Waals surface area contributed by atoms with Gasteiger partial charge in [0.05, 0.1) is 18.1 Å². The molecule has 6 nitrogen and oxygen atoms in total. The summed E-state index contributed by atoms with van der Waals surface area (Å²) in [7, 11) is 0. The van der Waals surface area contributed by atoms with E-state index in [1.165, 1.54) is 0 Å². The lowest BCUT2D eigenvalue weighted by Crippen LogP contribution is -2.46. The van der Waals surface area contributed by atoms with Crippen LogP contribution in [0, 0.1) is 5.92 Å². The van der Waals surface area contributed by atoms with Crippen LogP contribution in [-0.4, -0.2) is 29.3 Å². The number of fused-ring (bicyclic) bond motifs is 1. The number of rotatable bonds is 3. The Hall–Kier alpha value is -2.24. The maximum atomic E-state index is 12.3. The lowest BCUT2D eigenvalue weighted by molar-refractivity contribution is -0.142. The molecule has 24 heavy (non-hydrogen) atoms. The second-order valence-corrected chi connectivity index (χ2v) is 6.76. The van der Waals surface area contributed by atoms with Crippen LogP contribution in [0.25, 0.3) is 0 Å². The number of ether oxygens (including phenoxy) is 1. The summed E-state index contributed by atoms with van der Waals surface area (Å²) in [5.74, 6) is -0.177. The second kappa shape index (κ2) is 7.11. The molecule has 0 unspecified atom stereocenters. The van der Waals surface area contributed by atoms with E-state index in [4.69, 9.17) is 9.84 Å². The minimum atomic E-state index is -0.731. The predicted molar refractivity (Wildman–Crippen MR) is 88.9 cm³/mol. The smallest absolute Gasteiger partial charge is 0.315 e. The van der Waals surface area contributed by atoms with Crippen molar-refractivity contribution in [1.82, 2.24) is 10.6 Å². The third kappa shape index (κ3) is 3.80. The molecule has 2 aliphatic rings. The van der Waals surface area contributed by atoms with Gasteiger partial charge in [-0.25, -0.2) is 4.79 Å². The quantitative estimate of drug-likeness (QED) is 0.794. The zero-order valence-corrected chi connectivity index (χ0v) is 13.8. The van der Waals surface area contributed by atoms with Crippen molar-refractivity contribution in [3.05, 3.63) is 29.8 Å². The molecule has 0 saturated heterocycles. The molecule has 0 spiro atoms. The number of hydrogen-bond donors (Lipinski definition) is 3. The van der Waals surface area contributed by atoms with E-state index >= 15 is 0 Å². The highest BCUT2D eigenvalue weighted by molar-refractivity contribution is 5.75. The molecule has 3 N–H and O–H groups in total. The van der Waals surface area contributed by atoms with Crippen molar-refractivity contribution < 1.29 is 19.4 Å². The van der Waals surface area contributed by atoms with Gasteiger partial charge in [0.15, 0.2) is 0 Å². The number of carboxylic acid groups (broad SMARTS) is 1. The molecule has 1 saturated carbocycles. The van der Waals surface area contributed by atoms with Gasteiger partial charge in [-0.2, -0.15) is 0 Å². The third-order valence-corrected chi connectivity index (χ3v) is 4.91. The number of para-hydroxylation sites is 1. The average Bonchev–Trinajstić information content (AvgIpc) is 2.55. The molecular formula is C18H24N2O4. The van der Waals surface area contributed by atoms with Crippen LogP contribution in [0.4, 0.5) is 4.79 Å². The molecule has 0 bridgehead atoms. The van der Waals surface area contributed by atoms with E-state index in [1.54, 1.807) is 0 Å². The fourth-order valence-electron chi connectivity index (χ4n) is 3.61. The summed E-state index contributed by atoms with van der Waals surface area (Å²) in [6, 6.07) is 7.55. The first kappa shape index (κ1) is 16.6. The average molecular weight is 332 g/mol. The van der Waals surface area contributed by atoms with Gasteiger partial charge in [-0.05, 0) is 38.7 Å². The zero-order valence-electron chi connectivity index (χ0n) is 13.8. The molecule has 2 atom stereocenters. The first-order chi connectivity index (χ1) is 11.5. The first-order valence-corrected chi connectivity index (χ1v) is 8.58. The van der Waals surface area contributed by atoms with Gasteiger partial charge >= 0.3 is 12.0 Å². The molecule has 3 rings (SSSR count). The van der Waals surface area contributed by atoms with Gasteiger partial charge < -0.3 is 20.5 Å². The number of urea groups is 1.